The molecule has 0 saturated carbocycles. The fourth-order valence-electron chi connectivity index (χ4n) is 5.38. The first-order chi connectivity index (χ1) is 21.7. The number of hydrogen-bond acceptors (Lipinski definition) is 3. The van der Waals surface area contributed by atoms with Crippen molar-refractivity contribution in [1.82, 2.24) is 9.97 Å². The molecule has 3 aromatic heterocycles. The van der Waals surface area contributed by atoms with Crippen LogP contribution in [0.2, 0.25) is 0 Å². The van der Waals surface area contributed by atoms with Gasteiger partial charge in [0.15, 0.2) is 0 Å². The molecule has 0 aliphatic rings. The van der Waals surface area contributed by atoms with Crippen LogP contribution in [0.3, 0.4) is 0 Å². The van der Waals surface area contributed by atoms with E-state index in [9.17, 15) is 0 Å². The fourth-order valence-corrected chi connectivity index (χ4v) is 5.38. The molecule has 1 radical (unpaired) electrons. The summed E-state index contributed by atoms with van der Waals surface area (Å²) < 4.78 is 6.22. The molecule has 219 valence electrons. The monoisotopic (exact) mass is 757 g/mol. The van der Waals surface area contributed by atoms with Gasteiger partial charge in [0.2, 0.25) is 0 Å². The maximum atomic E-state index is 6.22. The van der Waals surface area contributed by atoms with Crippen LogP contribution in [-0.4, -0.2) is 9.97 Å². The maximum Gasteiger partial charge on any atom is 0.143 e. The van der Waals surface area contributed by atoms with Crippen LogP contribution in [0.1, 0.15) is 5.69 Å². The zero-order chi connectivity index (χ0) is 29.7. The SMILES string of the molecule is Cc1cccc(-c2[c-]ccc(-c3ccc(-c4cccc5c4oc4ccccc45)cc3)c2)n1.[Ir].[c-]1ccccc1-c1ccccn1. The van der Waals surface area contributed by atoms with Gasteiger partial charge in [-0.2, -0.15) is 0 Å². The van der Waals surface area contributed by atoms with Crippen LogP contribution < -0.4 is 0 Å². The van der Waals surface area contributed by atoms with Gasteiger partial charge in [0.1, 0.15) is 11.2 Å². The zero-order valence-electron chi connectivity index (χ0n) is 24.6. The predicted octanol–water partition coefficient (Wildman–Crippen LogP) is 10.6. The number of pyridine rings is 2. The molecule has 4 heteroatoms. The van der Waals surface area contributed by atoms with Crippen molar-refractivity contribution in [2.75, 3.05) is 0 Å². The number of para-hydroxylation sites is 2. The summed E-state index contributed by atoms with van der Waals surface area (Å²) in [6.07, 6.45) is 1.79. The molecule has 0 aliphatic carbocycles. The Morgan fingerprint density at radius 3 is 2.09 bits per heavy atom. The summed E-state index contributed by atoms with van der Waals surface area (Å²) in [6, 6.07) is 55.6. The minimum atomic E-state index is 0. The van der Waals surface area contributed by atoms with Gasteiger partial charge in [-0.25, -0.2) is 0 Å². The molecule has 0 saturated heterocycles. The van der Waals surface area contributed by atoms with E-state index in [1.165, 1.54) is 0 Å². The van der Waals surface area contributed by atoms with Gasteiger partial charge in [0.25, 0.3) is 0 Å². The number of fused-ring (bicyclic) bond motifs is 3. The first-order valence-corrected chi connectivity index (χ1v) is 14.6. The number of hydrogen-bond donors (Lipinski definition) is 0. The summed E-state index contributed by atoms with van der Waals surface area (Å²) in [5.74, 6) is 0. The maximum absolute atomic E-state index is 6.22. The van der Waals surface area contributed by atoms with Crippen molar-refractivity contribution in [2.45, 2.75) is 6.92 Å². The van der Waals surface area contributed by atoms with E-state index >= 15 is 0 Å². The summed E-state index contributed by atoms with van der Waals surface area (Å²) in [5, 5.41) is 2.30. The standard InChI is InChI=1S/C30H20NO.C11H8N.Ir/c1-20-7-4-13-28(31-20)24-9-5-8-23(19-24)21-15-17-22(18-16-21)25-11-6-12-27-26-10-2-3-14-29(26)32-30(25)27;1-2-6-10(7-3-1)11-8-4-5-9-12-11;/h2-8,10-19H,1H3;1-6,8-9H;/q2*-1;. The Morgan fingerprint density at radius 1 is 0.556 bits per heavy atom. The second kappa shape index (κ2) is 13.7. The van der Waals surface area contributed by atoms with E-state index in [-0.39, 0.29) is 20.1 Å². The summed E-state index contributed by atoms with van der Waals surface area (Å²) in [4.78, 5) is 8.85. The third-order valence-corrected chi connectivity index (χ3v) is 7.55. The Balaban J connectivity index is 0.000000231. The molecule has 3 nitrogen and oxygen atoms in total. The molecule has 0 bridgehead atoms. The molecular weight excluding hydrogens is 729 g/mol. The first kappa shape index (κ1) is 29.9. The van der Waals surface area contributed by atoms with Crippen LogP contribution in [0.25, 0.3) is 66.7 Å². The summed E-state index contributed by atoms with van der Waals surface area (Å²) in [7, 11) is 0. The van der Waals surface area contributed by atoms with Gasteiger partial charge in [-0.1, -0.05) is 84.9 Å². The number of benzene rings is 5. The van der Waals surface area contributed by atoms with Crippen molar-refractivity contribution in [2.24, 2.45) is 0 Å². The molecule has 0 amide bonds. The fraction of sp³-hybridized carbons (Fsp3) is 0.0244. The van der Waals surface area contributed by atoms with E-state index in [2.05, 4.69) is 88.8 Å². The molecule has 8 rings (SSSR count). The number of rotatable bonds is 4. The third-order valence-electron chi connectivity index (χ3n) is 7.55. The smallest absolute Gasteiger partial charge is 0.143 e. The molecular formula is C41H28IrN2O-2. The van der Waals surface area contributed by atoms with Gasteiger partial charge >= 0.3 is 0 Å². The van der Waals surface area contributed by atoms with E-state index < -0.39 is 0 Å². The Morgan fingerprint density at radius 2 is 1.29 bits per heavy atom. The molecule has 0 aliphatic heterocycles. The Labute approximate surface area is 276 Å². The molecule has 0 atom stereocenters. The predicted molar refractivity (Wildman–Crippen MR) is 180 cm³/mol. The average Bonchev–Trinajstić information content (AvgIpc) is 3.49. The Kier molecular flexibility index (Phi) is 9.07. The van der Waals surface area contributed by atoms with Gasteiger partial charge in [-0.05, 0) is 47.6 Å². The van der Waals surface area contributed by atoms with Crippen LogP contribution >= 0.6 is 0 Å². The van der Waals surface area contributed by atoms with Gasteiger partial charge < -0.3 is 14.4 Å². The molecule has 0 spiro atoms. The zero-order valence-corrected chi connectivity index (χ0v) is 27.0. The van der Waals surface area contributed by atoms with Crippen LogP contribution in [0.4, 0.5) is 0 Å². The van der Waals surface area contributed by atoms with Crippen molar-refractivity contribution in [3.63, 3.8) is 0 Å². The molecule has 0 N–H and O–H groups in total. The van der Waals surface area contributed by atoms with Crippen molar-refractivity contribution in [3.8, 4) is 44.8 Å². The Bertz CT molecular complexity index is 2130. The van der Waals surface area contributed by atoms with E-state index in [1.807, 2.05) is 85.8 Å². The van der Waals surface area contributed by atoms with Crippen molar-refractivity contribution >= 4 is 21.9 Å². The van der Waals surface area contributed by atoms with Crippen LogP contribution in [0, 0.1) is 19.1 Å². The van der Waals surface area contributed by atoms with Crippen molar-refractivity contribution in [3.05, 3.63) is 170 Å². The van der Waals surface area contributed by atoms with Gasteiger partial charge in [-0.15, -0.1) is 71.3 Å². The van der Waals surface area contributed by atoms with Crippen LogP contribution in [0.5, 0.6) is 0 Å². The van der Waals surface area contributed by atoms with Gasteiger partial charge in [0, 0.05) is 48.3 Å². The first-order valence-electron chi connectivity index (χ1n) is 14.6. The largest absolute Gasteiger partial charge is 0.455 e. The number of aryl methyl sites for hydroxylation is 1. The summed E-state index contributed by atoms with van der Waals surface area (Å²) in [6.45, 7) is 2.01. The van der Waals surface area contributed by atoms with Crippen LogP contribution in [-0.2, 0) is 20.1 Å². The van der Waals surface area contributed by atoms with E-state index in [4.69, 9.17) is 4.42 Å². The minimum absolute atomic E-state index is 0. The van der Waals surface area contributed by atoms with Crippen LogP contribution in [0.15, 0.2) is 156 Å². The molecule has 0 unspecified atom stereocenters. The second-order valence-electron chi connectivity index (χ2n) is 10.5. The summed E-state index contributed by atoms with van der Waals surface area (Å²) in [5.41, 5.74) is 11.4. The molecule has 45 heavy (non-hydrogen) atoms. The number of aromatic nitrogens is 2. The van der Waals surface area contributed by atoms with E-state index in [1.54, 1.807) is 6.20 Å². The second-order valence-corrected chi connectivity index (χ2v) is 10.5. The van der Waals surface area contributed by atoms with Gasteiger partial charge in [0.05, 0.1) is 0 Å². The van der Waals surface area contributed by atoms with Gasteiger partial charge in [-0.3, -0.25) is 0 Å². The quantitative estimate of drug-likeness (QED) is 0.168. The normalized spacial score (nSPS) is 10.6. The van der Waals surface area contributed by atoms with E-state index in [0.717, 1.165) is 72.4 Å². The number of furan rings is 1. The summed E-state index contributed by atoms with van der Waals surface area (Å²) >= 11 is 0. The van der Waals surface area contributed by atoms with Crippen molar-refractivity contribution in [1.29, 1.82) is 0 Å². The Hall–Kier alpha value is -5.15. The van der Waals surface area contributed by atoms with E-state index in [0.29, 0.717) is 0 Å². The van der Waals surface area contributed by atoms with Crippen molar-refractivity contribution < 1.29 is 24.5 Å². The third kappa shape index (κ3) is 6.53. The average molecular weight is 757 g/mol. The molecule has 3 heterocycles. The topological polar surface area (TPSA) is 38.9 Å². The minimum Gasteiger partial charge on any atom is -0.455 e. The number of nitrogens with zero attached hydrogens (tertiary/aromatic N) is 2. The molecule has 8 aromatic rings. The molecule has 5 aromatic carbocycles. The molecule has 0 fully saturated rings.